The first-order valence-electron chi connectivity index (χ1n) is 9.28. The molecule has 30 heavy (non-hydrogen) atoms. The monoisotopic (exact) mass is 455 g/mol. The lowest BCUT2D eigenvalue weighted by Crippen LogP contribution is -2.23. The molecule has 3 aromatic rings. The predicted octanol–water partition coefficient (Wildman–Crippen LogP) is 3.18. The third-order valence-electron chi connectivity index (χ3n) is 4.91. The van der Waals surface area contributed by atoms with Gasteiger partial charge in [-0.2, -0.15) is 0 Å². The SMILES string of the molecule is Nc1ncnc2c1ncn2CC(CO)CP1(=O)OCC[C@@H](c2cccc(Cl)c2F)O1. The lowest BCUT2D eigenvalue weighted by atomic mass is 10.1. The van der Waals surface area contributed by atoms with Gasteiger partial charge in [-0.05, 0) is 6.07 Å². The molecule has 0 amide bonds. The number of aliphatic hydroxyl groups is 1. The minimum atomic E-state index is -3.59. The number of imidazole rings is 1. The number of hydrogen-bond acceptors (Lipinski definition) is 8. The van der Waals surface area contributed by atoms with Crippen molar-refractivity contribution in [1.29, 1.82) is 0 Å². The zero-order chi connectivity index (χ0) is 21.3. The zero-order valence-electron chi connectivity index (χ0n) is 15.8. The third-order valence-corrected chi connectivity index (χ3v) is 7.32. The van der Waals surface area contributed by atoms with E-state index in [1.54, 1.807) is 16.7 Å². The van der Waals surface area contributed by atoms with Gasteiger partial charge in [0, 0.05) is 31.1 Å². The summed E-state index contributed by atoms with van der Waals surface area (Å²) in [6.45, 7) is 0.132. The maximum absolute atomic E-state index is 14.4. The van der Waals surface area contributed by atoms with Gasteiger partial charge in [-0.3, -0.25) is 4.57 Å². The van der Waals surface area contributed by atoms with Gasteiger partial charge in [0.15, 0.2) is 11.5 Å². The van der Waals surface area contributed by atoms with Gasteiger partial charge in [-0.1, -0.05) is 23.7 Å². The van der Waals surface area contributed by atoms with Gasteiger partial charge in [0.2, 0.25) is 0 Å². The van der Waals surface area contributed by atoms with Crippen molar-refractivity contribution < 1.29 is 23.1 Å². The van der Waals surface area contributed by atoms with Gasteiger partial charge in [-0.25, -0.2) is 19.3 Å². The summed E-state index contributed by atoms with van der Waals surface area (Å²) in [6.07, 6.45) is 2.39. The van der Waals surface area contributed by atoms with Crippen molar-refractivity contribution in [3.63, 3.8) is 0 Å². The van der Waals surface area contributed by atoms with Crippen LogP contribution in [0, 0.1) is 11.7 Å². The number of nitrogens with zero attached hydrogens (tertiary/aromatic N) is 4. The Balaban J connectivity index is 1.51. The number of hydrogen-bond donors (Lipinski definition) is 2. The molecule has 0 bridgehead atoms. The lowest BCUT2D eigenvalue weighted by molar-refractivity contribution is 0.0750. The topological polar surface area (TPSA) is 125 Å². The van der Waals surface area contributed by atoms with Gasteiger partial charge in [0.05, 0.1) is 30.2 Å². The highest BCUT2D eigenvalue weighted by Gasteiger charge is 2.37. The van der Waals surface area contributed by atoms with Crippen molar-refractivity contribution in [2.24, 2.45) is 5.92 Å². The molecule has 0 aliphatic carbocycles. The smallest absolute Gasteiger partial charge is 0.331 e. The molecule has 3 N–H and O–H groups in total. The number of nitrogen functional groups attached to an aromatic ring is 1. The molecular formula is C18H20ClFN5O4P. The Morgan fingerprint density at radius 3 is 3.03 bits per heavy atom. The van der Waals surface area contributed by atoms with Crippen LogP contribution in [0.5, 0.6) is 0 Å². The molecule has 2 aromatic heterocycles. The van der Waals surface area contributed by atoms with E-state index in [0.717, 1.165) is 0 Å². The summed E-state index contributed by atoms with van der Waals surface area (Å²) >= 11 is 5.86. The highest BCUT2D eigenvalue weighted by atomic mass is 35.5. The summed E-state index contributed by atoms with van der Waals surface area (Å²) in [5, 5.41) is 9.83. The van der Waals surface area contributed by atoms with E-state index in [1.807, 2.05) is 0 Å². The minimum Gasteiger partial charge on any atom is -0.396 e. The molecule has 1 aromatic carbocycles. The summed E-state index contributed by atoms with van der Waals surface area (Å²) in [5.74, 6) is -0.830. The van der Waals surface area contributed by atoms with Crippen molar-refractivity contribution in [2.45, 2.75) is 19.1 Å². The maximum Gasteiger partial charge on any atom is 0.331 e. The van der Waals surface area contributed by atoms with Crippen LogP contribution in [0.4, 0.5) is 10.2 Å². The summed E-state index contributed by atoms with van der Waals surface area (Å²) in [7, 11) is -3.59. The van der Waals surface area contributed by atoms with Gasteiger partial charge in [0.25, 0.3) is 0 Å². The number of aromatic nitrogens is 4. The fourth-order valence-corrected chi connectivity index (χ4v) is 5.74. The summed E-state index contributed by atoms with van der Waals surface area (Å²) in [6, 6.07) is 4.60. The van der Waals surface area contributed by atoms with E-state index < -0.39 is 25.4 Å². The van der Waals surface area contributed by atoms with E-state index in [2.05, 4.69) is 15.0 Å². The Hall–Kier alpha value is -2.10. The highest BCUT2D eigenvalue weighted by Crippen LogP contribution is 2.57. The minimum absolute atomic E-state index is 0.0288. The first-order chi connectivity index (χ1) is 14.4. The lowest BCUT2D eigenvalue weighted by Gasteiger charge is -2.32. The van der Waals surface area contributed by atoms with Gasteiger partial charge in [-0.15, -0.1) is 0 Å². The molecule has 1 saturated heterocycles. The number of aliphatic hydroxyl groups excluding tert-OH is 1. The Morgan fingerprint density at radius 1 is 1.40 bits per heavy atom. The second-order valence-electron chi connectivity index (χ2n) is 7.03. The molecular weight excluding hydrogens is 436 g/mol. The first kappa shape index (κ1) is 21.1. The van der Waals surface area contributed by atoms with Crippen molar-refractivity contribution in [2.75, 3.05) is 25.1 Å². The Morgan fingerprint density at radius 2 is 2.23 bits per heavy atom. The molecule has 4 rings (SSSR count). The maximum atomic E-state index is 14.4. The average molecular weight is 456 g/mol. The van der Waals surface area contributed by atoms with Crippen LogP contribution >= 0.6 is 19.2 Å². The molecule has 0 radical (unpaired) electrons. The standard InChI is InChI=1S/C18H20ClFN5O4P/c19-13-3-1-2-12(15(13)20)14-4-5-28-30(27,29-14)8-11(7-26)6-25-10-24-16-17(21)22-9-23-18(16)25/h1-3,9-11,14,26H,4-8H2,(H2,21,22,23)/t11?,14-,30?/m0/s1. The van der Waals surface area contributed by atoms with Crippen LogP contribution in [0.1, 0.15) is 18.1 Å². The van der Waals surface area contributed by atoms with Gasteiger partial charge in [0.1, 0.15) is 17.7 Å². The second kappa shape index (κ2) is 8.56. The molecule has 2 unspecified atom stereocenters. The Labute approximate surface area is 176 Å². The molecule has 0 spiro atoms. The molecule has 3 heterocycles. The average Bonchev–Trinajstić information content (AvgIpc) is 3.13. The molecule has 0 saturated carbocycles. The molecule has 1 fully saturated rings. The van der Waals surface area contributed by atoms with Crippen LogP contribution in [0.3, 0.4) is 0 Å². The van der Waals surface area contributed by atoms with E-state index in [-0.39, 0.29) is 42.3 Å². The van der Waals surface area contributed by atoms with Crippen molar-refractivity contribution in [3.8, 4) is 0 Å². The fourth-order valence-electron chi connectivity index (χ4n) is 3.45. The molecule has 3 atom stereocenters. The predicted molar refractivity (Wildman–Crippen MR) is 109 cm³/mol. The molecule has 12 heteroatoms. The normalized spacial score (nSPS) is 23.0. The third kappa shape index (κ3) is 4.19. The van der Waals surface area contributed by atoms with Crippen molar-refractivity contribution in [1.82, 2.24) is 19.5 Å². The second-order valence-corrected chi connectivity index (χ2v) is 9.49. The number of anilines is 1. The van der Waals surface area contributed by atoms with Crippen LogP contribution in [0.15, 0.2) is 30.9 Å². The van der Waals surface area contributed by atoms with Gasteiger partial charge >= 0.3 is 7.60 Å². The molecule has 1 aliphatic heterocycles. The Kier molecular flexibility index (Phi) is 6.04. The van der Waals surface area contributed by atoms with Gasteiger partial charge < -0.3 is 24.5 Å². The molecule has 9 nitrogen and oxygen atoms in total. The van der Waals surface area contributed by atoms with Crippen molar-refractivity contribution >= 4 is 36.2 Å². The highest BCUT2D eigenvalue weighted by molar-refractivity contribution is 7.53. The Bertz CT molecular complexity index is 1110. The van der Waals surface area contributed by atoms with E-state index in [4.69, 9.17) is 26.4 Å². The van der Waals surface area contributed by atoms with Crippen LogP contribution in [-0.4, -0.2) is 44.0 Å². The number of halogens is 2. The first-order valence-corrected chi connectivity index (χ1v) is 11.4. The van der Waals surface area contributed by atoms with Crippen LogP contribution in [-0.2, 0) is 20.2 Å². The van der Waals surface area contributed by atoms with E-state index in [9.17, 15) is 14.1 Å². The number of fused-ring (bicyclic) bond motifs is 1. The largest absolute Gasteiger partial charge is 0.396 e. The van der Waals surface area contributed by atoms with E-state index in [1.165, 1.54) is 18.7 Å². The molecule has 1 aliphatic rings. The zero-order valence-corrected chi connectivity index (χ0v) is 17.5. The van der Waals surface area contributed by atoms with Crippen LogP contribution < -0.4 is 5.73 Å². The van der Waals surface area contributed by atoms with Crippen LogP contribution in [0.2, 0.25) is 5.02 Å². The van der Waals surface area contributed by atoms with Crippen LogP contribution in [0.25, 0.3) is 11.2 Å². The summed E-state index contributed by atoms with van der Waals surface area (Å²) in [5.41, 5.74) is 6.98. The van der Waals surface area contributed by atoms with E-state index in [0.29, 0.717) is 17.6 Å². The number of nitrogens with two attached hydrogens (primary N) is 1. The van der Waals surface area contributed by atoms with Crippen molar-refractivity contribution in [3.05, 3.63) is 47.3 Å². The van der Waals surface area contributed by atoms with E-state index >= 15 is 0 Å². The number of rotatable bonds is 6. The quantitative estimate of drug-likeness (QED) is 0.543. The number of benzene rings is 1. The summed E-state index contributed by atoms with van der Waals surface area (Å²) < 4.78 is 40.5. The summed E-state index contributed by atoms with van der Waals surface area (Å²) in [4.78, 5) is 12.2. The fraction of sp³-hybridized carbons (Fsp3) is 0.389. The molecule has 160 valence electrons.